The Bertz CT molecular complexity index is 686. The molecule has 0 atom stereocenters. The molecule has 3 heteroatoms. The molecular weight excluding hydrogens is 260 g/mol. The Kier molecular flexibility index (Phi) is 4.76. The zero-order valence-electron chi connectivity index (χ0n) is 12.2. The number of benzene rings is 2. The van der Waals surface area contributed by atoms with Crippen molar-refractivity contribution in [1.82, 2.24) is 0 Å². The van der Waals surface area contributed by atoms with Crippen molar-refractivity contribution in [2.45, 2.75) is 13.8 Å². The predicted molar refractivity (Wildman–Crippen MR) is 86.2 cm³/mol. The highest BCUT2D eigenvalue weighted by Gasteiger charge is 2.06. The first-order valence-corrected chi connectivity index (χ1v) is 6.77. The fourth-order valence-corrected chi connectivity index (χ4v) is 2.11. The minimum absolute atomic E-state index is 0.127. The quantitative estimate of drug-likeness (QED) is 0.830. The molecule has 0 fully saturated rings. The highest BCUT2D eigenvalue weighted by Crippen LogP contribution is 2.15. The molecule has 0 heterocycles. The molecule has 0 aliphatic carbocycles. The van der Waals surface area contributed by atoms with Crippen LogP contribution in [-0.2, 0) is 0 Å². The van der Waals surface area contributed by atoms with Crippen molar-refractivity contribution in [1.29, 1.82) is 0 Å². The molecule has 2 aromatic rings. The fraction of sp³-hybridized carbons (Fsp3) is 0.167. The van der Waals surface area contributed by atoms with Gasteiger partial charge in [0.1, 0.15) is 0 Å². The molecule has 0 bridgehead atoms. The van der Waals surface area contributed by atoms with Gasteiger partial charge in [0.05, 0.1) is 6.54 Å². The van der Waals surface area contributed by atoms with Crippen molar-refractivity contribution in [2.75, 3.05) is 11.9 Å². The number of aryl methyl sites for hydroxylation is 2. The van der Waals surface area contributed by atoms with Crippen LogP contribution in [0.1, 0.15) is 27.0 Å². The monoisotopic (exact) mass is 278 g/mol. The molecule has 0 unspecified atom stereocenters. The summed E-state index contributed by atoms with van der Waals surface area (Å²) in [7, 11) is 0. The second kappa shape index (κ2) is 6.74. The standard InChI is InChI=1S/C18H18N2O/c1-13-10-14(2)12-17(11-13)20-18(21)16-7-5-15(6-8-16)4-3-9-19/h5-8,10-12H,9,19H2,1-2H3,(H,20,21). The number of hydrogen-bond donors (Lipinski definition) is 2. The van der Waals surface area contributed by atoms with Crippen LogP contribution in [-0.4, -0.2) is 12.5 Å². The van der Waals surface area contributed by atoms with Gasteiger partial charge < -0.3 is 11.1 Å². The van der Waals surface area contributed by atoms with E-state index >= 15 is 0 Å². The molecule has 2 rings (SSSR count). The molecule has 3 N–H and O–H groups in total. The predicted octanol–water partition coefficient (Wildman–Crippen LogP) is 2.87. The molecule has 0 aliphatic rings. The van der Waals surface area contributed by atoms with E-state index in [1.807, 2.05) is 38.1 Å². The topological polar surface area (TPSA) is 55.1 Å². The van der Waals surface area contributed by atoms with Gasteiger partial charge in [0.25, 0.3) is 5.91 Å². The third-order valence-electron chi connectivity index (χ3n) is 2.96. The van der Waals surface area contributed by atoms with Gasteiger partial charge in [-0.25, -0.2) is 0 Å². The van der Waals surface area contributed by atoms with Gasteiger partial charge in [0, 0.05) is 16.8 Å². The Labute approximate surface area is 125 Å². The SMILES string of the molecule is Cc1cc(C)cc(NC(=O)c2ccc(C#CCN)cc2)c1. The van der Waals surface area contributed by atoms with Gasteiger partial charge in [0.2, 0.25) is 0 Å². The second-order valence-electron chi connectivity index (χ2n) is 4.91. The van der Waals surface area contributed by atoms with E-state index < -0.39 is 0 Å². The van der Waals surface area contributed by atoms with Gasteiger partial charge in [-0.05, 0) is 61.4 Å². The van der Waals surface area contributed by atoms with E-state index in [0.29, 0.717) is 12.1 Å². The number of anilines is 1. The first-order valence-electron chi connectivity index (χ1n) is 6.77. The Morgan fingerprint density at radius 2 is 1.71 bits per heavy atom. The largest absolute Gasteiger partial charge is 0.322 e. The maximum Gasteiger partial charge on any atom is 0.255 e. The van der Waals surface area contributed by atoms with Crippen molar-refractivity contribution >= 4 is 11.6 Å². The lowest BCUT2D eigenvalue weighted by atomic mass is 10.1. The number of carbonyl (C=O) groups is 1. The molecule has 0 saturated carbocycles. The van der Waals surface area contributed by atoms with Crippen LogP contribution in [0.25, 0.3) is 0 Å². The van der Waals surface area contributed by atoms with E-state index in [9.17, 15) is 4.79 Å². The van der Waals surface area contributed by atoms with E-state index in [0.717, 1.165) is 22.4 Å². The third-order valence-corrected chi connectivity index (χ3v) is 2.96. The van der Waals surface area contributed by atoms with Gasteiger partial charge >= 0.3 is 0 Å². The maximum absolute atomic E-state index is 12.2. The summed E-state index contributed by atoms with van der Waals surface area (Å²) in [6, 6.07) is 13.1. The first kappa shape index (κ1) is 14.8. The van der Waals surface area contributed by atoms with E-state index in [1.54, 1.807) is 12.1 Å². The Hall–Kier alpha value is -2.57. The van der Waals surface area contributed by atoms with Crippen LogP contribution in [0.15, 0.2) is 42.5 Å². The summed E-state index contributed by atoms with van der Waals surface area (Å²) >= 11 is 0. The van der Waals surface area contributed by atoms with Crippen LogP contribution in [0.5, 0.6) is 0 Å². The van der Waals surface area contributed by atoms with Crippen molar-refractivity contribution in [3.05, 3.63) is 64.7 Å². The Morgan fingerprint density at radius 1 is 1.10 bits per heavy atom. The minimum Gasteiger partial charge on any atom is -0.322 e. The molecule has 0 aliphatic heterocycles. The second-order valence-corrected chi connectivity index (χ2v) is 4.91. The van der Waals surface area contributed by atoms with Gasteiger partial charge in [-0.2, -0.15) is 0 Å². The summed E-state index contributed by atoms with van der Waals surface area (Å²) in [5, 5.41) is 2.91. The molecule has 0 spiro atoms. The van der Waals surface area contributed by atoms with Gasteiger partial charge in [-0.3, -0.25) is 4.79 Å². The lowest BCUT2D eigenvalue weighted by molar-refractivity contribution is 0.102. The molecule has 0 saturated heterocycles. The number of rotatable bonds is 2. The number of hydrogen-bond acceptors (Lipinski definition) is 2. The summed E-state index contributed by atoms with van der Waals surface area (Å²) in [6.45, 7) is 4.34. The number of amides is 1. The summed E-state index contributed by atoms with van der Waals surface area (Å²) in [4.78, 5) is 12.2. The Balaban J connectivity index is 2.13. The summed E-state index contributed by atoms with van der Waals surface area (Å²) in [5.74, 6) is 5.58. The number of carbonyl (C=O) groups excluding carboxylic acids is 1. The van der Waals surface area contributed by atoms with Gasteiger partial charge in [-0.1, -0.05) is 17.9 Å². The molecule has 106 valence electrons. The Morgan fingerprint density at radius 3 is 2.29 bits per heavy atom. The highest BCUT2D eigenvalue weighted by molar-refractivity contribution is 6.04. The van der Waals surface area contributed by atoms with Crippen molar-refractivity contribution in [3.63, 3.8) is 0 Å². The van der Waals surface area contributed by atoms with Crippen molar-refractivity contribution in [2.24, 2.45) is 5.73 Å². The smallest absolute Gasteiger partial charge is 0.255 e. The van der Waals surface area contributed by atoms with Crippen LogP contribution in [0.2, 0.25) is 0 Å². The van der Waals surface area contributed by atoms with Crippen LogP contribution in [0.4, 0.5) is 5.69 Å². The van der Waals surface area contributed by atoms with Gasteiger partial charge in [-0.15, -0.1) is 0 Å². The van der Waals surface area contributed by atoms with Crippen LogP contribution in [0, 0.1) is 25.7 Å². The molecule has 0 radical (unpaired) electrons. The van der Waals surface area contributed by atoms with Crippen LogP contribution < -0.4 is 11.1 Å². The van der Waals surface area contributed by atoms with Crippen LogP contribution in [0.3, 0.4) is 0 Å². The third kappa shape index (κ3) is 4.20. The summed E-state index contributed by atoms with van der Waals surface area (Å²) < 4.78 is 0. The molecule has 0 aromatic heterocycles. The number of nitrogens with one attached hydrogen (secondary N) is 1. The molecule has 1 amide bonds. The summed E-state index contributed by atoms with van der Waals surface area (Å²) in [5.41, 5.74) is 9.84. The molecule has 21 heavy (non-hydrogen) atoms. The summed E-state index contributed by atoms with van der Waals surface area (Å²) in [6.07, 6.45) is 0. The average molecular weight is 278 g/mol. The van der Waals surface area contributed by atoms with E-state index in [-0.39, 0.29) is 5.91 Å². The zero-order chi connectivity index (χ0) is 15.2. The van der Waals surface area contributed by atoms with Crippen molar-refractivity contribution in [3.8, 4) is 11.8 Å². The van der Waals surface area contributed by atoms with E-state index in [2.05, 4.69) is 23.2 Å². The van der Waals surface area contributed by atoms with Crippen LogP contribution >= 0.6 is 0 Å². The zero-order valence-corrected chi connectivity index (χ0v) is 12.2. The lowest BCUT2D eigenvalue weighted by Gasteiger charge is -2.07. The average Bonchev–Trinajstić information content (AvgIpc) is 2.44. The molecular formula is C18H18N2O. The molecule has 3 nitrogen and oxygen atoms in total. The number of nitrogens with two attached hydrogens (primary N) is 1. The lowest BCUT2D eigenvalue weighted by Crippen LogP contribution is -2.12. The van der Waals surface area contributed by atoms with Gasteiger partial charge in [0.15, 0.2) is 0 Å². The fourth-order valence-electron chi connectivity index (χ4n) is 2.11. The maximum atomic E-state index is 12.2. The van der Waals surface area contributed by atoms with E-state index in [1.165, 1.54) is 0 Å². The minimum atomic E-state index is -0.127. The highest BCUT2D eigenvalue weighted by atomic mass is 16.1. The normalized spacial score (nSPS) is 9.67. The molecule has 2 aromatic carbocycles. The van der Waals surface area contributed by atoms with E-state index in [4.69, 9.17) is 5.73 Å². The van der Waals surface area contributed by atoms with Crippen molar-refractivity contribution < 1.29 is 4.79 Å². The first-order chi connectivity index (χ1) is 10.1.